The summed E-state index contributed by atoms with van der Waals surface area (Å²) in [6.07, 6.45) is 0. The molecule has 0 bridgehead atoms. The van der Waals surface area contributed by atoms with Gasteiger partial charge in [-0.25, -0.2) is 4.98 Å². The number of benzene rings is 2. The van der Waals surface area contributed by atoms with Crippen LogP contribution in [0.2, 0.25) is 0 Å². The van der Waals surface area contributed by atoms with Crippen LogP contribution in [0.3, 0.4) is 0 Å². The lowest BCUT2D eigenvalue weighted by atomic mass is 10.2. The van der Waals surface area contributed by atoms with Crippen molar-refractivity contribution in [3.05, 3.63) is 48.5 Å². The summed E-state index contributed by atoms with van der Waals surface area (Å²) in [6.45, 7) is 0. The summed E-state index contributed by atoms with van der Waals surface area (Å²) >= 11 is 0. The molecule has 0 aliphatic carbocycles. The molecule has 5 nitrogen and oxygen atoms in total. The zero-order chi connectivity index (χ0) is 15.5. The number of nitrogen functional groups attached to an aromatic ring is 1. The fraction of sp³-hybridized carbons (Fsp3) is 0.118. The van der Waals surface area contributed by atoms with Gasteiger partial charge in [0.05, 0.1) is 19.7 Å². The number of nitrogens with zero attached hydrogens (tertiary/aromatic N) is 1. The van der Waals surface area contributed by atoms with Crippen molar-refractivity contribution in [2.75, 3.05) is 25.3 Å². The third-order valence-corrected chi connectivity index (χ3v) is 3.38. The number of fused-ring (bicyclic) bond motifs is 1. The Balaban J connectivity index is 1.96. The number of methoxy groups -OCH3 is 2. The summed E-state index contributed by atoms with van der Waals surface area (Å²) in [7, 11) is 3.23. The van der Waals surface area contributed by atoms with Crippen LogP contribution in [0.1, 0.15) is 0 Å². The van der Waals surface area contributed by atoms with Crippen molar-refractivity contribution in [2.45, 2.75) is 0 Å². The topological polar surface area (TPSA) is 69.4 Å². The van der Waals surface area contributed by atoms with Gasteiger partial charge in [0.15, 0.2) is 11.5 Å². The molecule has 0 fully saturated rings. The summed E-state index contributed by atoms with van der Waals surface area (Å²) < 4.78 is 10.6. The zero-order valence-corrected chi connectivity index (χ0v) is 12.5. The summed E-state index contributed by atoms with van der Waals surface area (Å²) in [6, 6.07) is 15.2. The van der Waals surface area contributed by atoms with Crippen LogP contribution in [0.5, 0.6) is 11.5 Å². The largest absolute Gasteiger partial charge is 0.493 e. The predicted molar refractivity (Wildman–Crippen MR) is 89.0 cm³/mol. The van der Waals surface area contributed by atoms with E-state index < -0.39 is 0 Å². The molecular weight excluding hydrogens is 278 g/mol. The molecule has 5 heteroatoms. The highest BCUT2D eigenvalue weighted by atomic mass is 16.5. The standard InChI is InChI=1S/C17H17N3O2/c1-21-15-9-11-3-8-17(20-14(11)10-16(15)22-2)19-13-6-4-12(18)5-7-13/h3-10H,18H2,1-2H3,(H,19,20). The molecule has 0 spiro atoms. The predicted octanol–water partition coefficient (Wildman–Crippen LogP) is 3.58. The van der Waals surface area contributed by atoms with E-state index >= 15 is 0 Å². The van der Waals surface area contributed by atoms with E-state index in [4.69, 9.17) is 15.2 Å². The first-order chi connectivity index (χ1) is 10.7. The number of nitrogens with two attached hydrogens (primary N) is 1. The van der Waals surface area contributed by atoms with Crippen LogP contribution in [0.15, 0.2) is 48.5 Å². The van der Waals surface area contributed by atoms with Crippen molar-refractivity contribution in [3.63, 3.8) is 0 Å². The lowest BCUT2D eigenvalue weighted by Gasteiger charge is -2.10. The number of hydrogen-bond donors (Lipinski definition) is 2. The van der Waals surface area contributed by atoms with E-state index in [-0.39, 0.29) is 0 Å². The molecule has 0 amide bonds. The highest BCUT2D eigenvalue weighted by Crippen LogP contribution is 2.32. The Hall–Kier alpha value is -2.95. The number of pyridine rings is 1. The molecular formula is C17H17N3O2. The first-order valence-electron chi connectivity index (χ1n) is 6.85. The van der Waals surface area contributed by atoms with Gasteiger partial charge in [-0.2, -0.15) is 0 Å². The Kier molecular flexibility index (Phi) is 3.70. The third-order valence-electron chi connectivity index (χ3n) is 3.38. The molecule has 0 unspecified atom stereocenters. The van der Waals surface area contributed by atoms with Crippen LogP contribution >= 0.6 is 0 Å². The van der Waals surface area contributed by atoms with Crippen LogP contribution in [-0.4, -0.2) is 19.2 Å². The Bertz CT molecular complexity index is 801. The van der Waals surface area contributed by atoms with Crippen molar-refractivity contribution in [1.29, 1.82) is 0 Å². The summed E-state index contributed by atoms with van der Waals surface area (Å²) in [5.41, 5.74) is 8.18. The van der Waals surface area contributed by atoms with E-state index in [0.717, 1.165) is 28.1 Å². The number of rotatable bonds is 4. The second kappa shape index (κ2) is 5.81. The van der Waals surface area contributed by atoms with Crippen molar-refractivity contribution >= 4 is 28.1 Å². The normalized spacial score (nSPS) is 10.5. The molecule has 112 valence electrons. The minimum atomic E-state index is 0.659. The monoisotopic (exact) mass is 295 g/mol. The average molecular weight is 295 g/mol. The van der Waals surface area contributed by atoms with Gasteiger partial charge in [0.25, 0.3) is 0 Å². The van der Waals surface area contributed by atoms with Gasteiger partial charge < -0.3 is 20.5 Å². The SMILES string of the molecule is COc1cc2ccc(Nc3ccc(N)cc3)nc2cc1OC. The van der Waals surface area contributed by atoms with Crippen LogP contribution in [-0.2, 0) is 0 Å². The van der Waals surface area contributed by atoms with Gasteiger partial charge >= 0.3 is 0 Å². The fourth-order valence-electron chi connectivity index (χ4n) is 2.23. The summed E-state index contributed by atoms with van der Waals surface area (Å²) in [5.74, 6) is 2.10. The summed E-state index contributed by atoms with van der Waals surface area (Å²) in [4.78, 5) is 4.60. The quantitative estimate of drug-likeness (QED) is 0.720. The van der Waals surface area contributed by atoms with E-state index in [1.165, 1.54) is 0 Å². The van der Waals surface area contributed by atoms with Gasteiger partial charge in [0.2, 0.25) is 0 Å². The second-order valence-electron chi connectivity index (χ2n) is 4.84. The first-order valence-corrected chi connectivity index (χ1v) is 6.85. The lowest BCUT2D eigenvalue weighted by molar-refractivity contribution is 0.356. The molecule has 1 aromatic heterocycles. The van der Waals surface area contributed by atoms with Crippen LogP contribution in [0, 0.1) is 0 Å². The van der Waals surface area contributed by atoms with E-state index in [1.54, 1.807) is 14.2 Å². The van der Waals surface area contributed by atoms with Crippen molar-refractivity contribution in [3.8, 4) is 11.5 Å². The van der Waals surface area contributed by atoms with E-state index in [9.17, 15) is 0 Å². The molecule has 0 saturated heterocycles. The van der Waals surface area contributed by atoms with Gasteiger partial charge in [-0.3, -0.25) is 0 Å². The summed E-state index contributed by atoms with van der Waals surface area (Å²) in [5, 5.41) is 4.24. The second-order valence-corrected chi connectivity index (χ2v) is 4.84. The number of anilines is 3. The lowest BCUT2D eigenvalue weighted by Crippen LogP contribution is -1.95. The number of nitrogens with one attached hydrogen (secondary N) is 1. The third kappa shape index (κ3) is 2.74. The molecule has 0 radical (unpaired) electrons. The van der Waals surface area contributed by atoms with Gasteiger partial charge in [0, 0.05) is 22.8 Å². The average Bonchev–Trinajstić information content (AvgIpc) is 2.55. The number of hydrogen-bond acceptors (Lipinski definition) is 5. The number of aromatic nitrogens is 1. The van der Waals surface area contributed by atoms with E-state index in [1.807, 2.05) is 48.5 Å². The highest BCUT2D eigenvalue weighted by Gasteiger charge is 2.07. The minimum absolute atomic E-state index is 0.659. The molecule has 22 heavy (non-hydrogen) atoms. The molecule has 0 aliphatic heterocycles. The molecule has 3 rings (SSSR count). The smallest absolute Gasteiger partial charge is 0.162 e. The maximum atomic E-state index is 5.68. The highest BCUT2D eigenvalue weighted by molar-refractivity contribution is 5.84. The zero-order valence-electron chi connectivity index (χ0n) is 12.5. The van der Waals surface area contributed by atoms with Crippen molar-refractivity contribution < 1.29 is 9.47 Å². The van der Waals surface area contributed by atoms with Crippen LogP contribution in [0.25, 0.3) is 10.9 Å². The molecule has 3 N–H and O–H groups in total. The van der Waals surface area contributed by atoms with Gasteiger partial charge in [-0.15, -0.1) is 0 Å². The van der Waals surface area contributed by atoms with Gasteiger partial charge in [-0.05, 0) is 42.5 Å². The molecule has 0 aliphatic rings. The molecule has 0 saturated carbocycles. The van der Waals surface area contributed by atoms with E-state index in [0.29, 0.717) is 11.5 Å². The van der Waals surface area contributed by atoms with Crippen LogP contribution < -0.4 is 20.5 Å². The van der Waals surface area contributed by atoms with Crippen molar-refractivity contribution in [1.82, 2.24) is 4.98 Å². The maximum Gasteiger partial charge on any atom is 0.162 e. The van der Waals surface area contributed by atoms with Crippen LogP contribution in [0.4, 0.5) is 17.2 Å². The van der Waals surface area contributed by atoms with E-state index in [2.05, 4.69) is 10.3 Å². The molecule has 0 atom stereocenters. The molecule has 1 heterocycles. The Morgan fingerprint density at radius 2 is 1.59 bits per heavy atom. The Labute approximate surface area is 128 Å². The maximum absolute atomic E-state index is 5.68. The number of ether oxygens (including phenoxy) is 2. The first kappa shape index (κ1) is 14.0. The van der Waals surface area contributed by atoms with Gasteiger partial charge in [0.1, 0.15) is 5.82 Å². The Morgan fingerprint density at radius 3 is 2.27 bits per heavy atom. The molecule has 3 aromatic rings. The molecule has 2 aromatic carbocycles. The van der Waals surface area contributed by atoms with Gasteiger partial charge in [-0.1, -0.05) is 0 Å². The fourth-order valence-corrected chi connectivity index (χ4v) is 2.23. The minimum Gasteiger partial charge on any atom is -0.493 e. The Morgan fingerprint density at radius 1 is 0.909 bits per heavy atom. The van der Waals surface area contributed by atoms with Crippen molar-refractivity contribution in [2.24, 2.45) is 0 Å².